The van der Waals surface area contributed by atoms with E-state index in [0.717, 1.165) is 5.56 Å². The Hall–Kier alpha value is -2.84. The third-order valence-electron chi connectivity index (χ3n) is 4.11. The molecule has 0 aliphatic rings. The number of aromatic nitrogens is 3. The van der Waals surface area contributed by atoms with Gasteiger partial charge in [-0.25, -0.2) is 0 Å². The van der Waals surface area contributed by atoms with Crippen molar-refractivity contribution >= 4 is 40.9 Å². The second kappa shape index (κ2) is 9.58. The van der Waals surface area contributed by atoms with Gasteiger partial charge in [0.25, 0.3) is 5.91 Å². The molecule has 0 unspecified atom stereocenters. The van der Waals surface area contributed by atoms with Crippen molar-refractivity contribution in [2.24, 2.45) is 7.05 Å². The Morgan fingerprint density at radius 1 is 1.21 bits per heavy atom. The van der Waals surface area contributed by atoms with Crippen LogP contribution in [0.4, 0.5) is 5.69 Å². The summed E-state index contributed by atoms with van der Waals surface area (Å²) >= 11 is 7.47. The van der Waals surface area contributed by atoms with E-state index < -0.39 is 0 Å². The van der Waals surface area contributed by atoms with Gasteiger partial charge < -0.3 is 14.8 Å². The van der Waals surface area contributed by atoms with Gasteiger partial charge in [-0.3, -0.25) is 9.59 Å². The summed E-state index contributed by atoms with van der Waals surface area (Å²) in [5.74, 6) is -0.154. The lowest BCUT2D eigenvalue weighted by Gasteiger charge is -2.18. The Morgan fingerprint density at radius 2 is 2.00 bits per heavy atom. The fraction of sp³-hybridized carbons (Fsp3) is 0.200. The summed E-state index contributed by atoms with van der Waals surface area (Å²) in [7, 11) is 3.53. The van der Waals surface area contributed by atoms with Crippen LogP contribution in [-0.2, 0) is 18.4 Å². The summed E-state index contributed by atoms with van der Waals surface area (Å²) in [6.07, 6.45) is 1.58. The summed E-state index contributed by atoms with van der Waals surface area (Å²) in [4.78, 5) is 26.6. The number of halogens is 1. The average molecular weight is 430 g/mol. The number of carbonyl (C=O) groups excluding carboxylic acids is 2. The van der Waals surface area contributed by atoms with Gasteiger partial charge in [-0.05, 0) is 29.8 Å². The molecular formula is C20H20ClN5O2S. The van der Waals surface area contributed by atoms with Gasteiger partial charge in [-0.2, -0.15) is 0 Å². The van der Waals surface area contributed by atoms with Crippen LogP contribution >= 0.6 is 23.4 Å². The molecule has 0 aliphatic carbocycles. The van der Waals surface area contributed by atoms with Crippen molar-refractivity contribution in [1.82, 2.24) is 19.7 Å². The molecule has 0 atom stereocenters. The van der Waals surface area contributed by atoms with Crippen molar-refractivity contribution in [3.8, 4) is 0 Å². The van der Waals surface area contributed by atoms with Gasteiger partial charge in [0, 0.05) is 36.9 Å². The molecule has 0 aliphatic heterocycles. The van der Waals surface area contributed by atoms with E-state index in [1.807, 2.05) is 25.2 Å². The highest BCUT2D eigenvalue weighted by atomic mass is 35.5. The van der Waals surface area contributed by atoms with Crippen molar-refractivity contribution in [2.75, 3.05) is 18.1 Å². The quantitative estimate of drug-likeness (QED) is 0.581. The fourth-order valence-electron chi connectivity index (χ4n) is 2.63. The lowest BCUT2D eigenvalue weighted by Crippen LogP contribution is -2.26. The number of amides is 2. The minimum absolute atomic E-state index is 0.158. The molecule has 29 heavy (non-hydrogen) atoms. The summed E-state index contributed by atoms with van der Waals surface area (Å²) in [5.41, 5.74) is 1.92. The predicted octanol–water partition coefficient (Wildman–Crippen LogP) is 3.47. The second-order valence-corrected chi connectivity index (χ2v) is 7.74. The van der Waals surface area contributed by atoms with E-state index in [4.69, 9.17) is 11.6 Å². The first-order valence-electron chi connectivity index (χ1n) is 8.79. The van der Waals surface area contributed by atoms with Gasteiger partial charge in [0.15, 0.2) is 5.16 Å². The normalized spacial score (nSPS) is 10.6. The number of anilines is 1. The monoisotopic (exact) mass is 429 g/mol. The number of rotatable bonds is 7. The van der Waals surface area contributed by atoms with E-state index in [1.165, 1.54) is 11.8 Å². The molecule has 0 fully saturated rings. The molecule has 2 amide bonds. The third-order valence-corrected chi connectivity index (χ3v) is 5.51. The van der Waals surface area contributed by atoms with Gasteiger partial charge in [0.2, 0.25) is 5.91 Å². The van der Waals surface area contributed by atoms with E-state index >= 15 is 0 Å². The first-order chi connectivity index (χ1) is 13.9. The van der Waals surface area contributed by atoms with Crippen LogP contribution in [0.15, 0.2) is 60.0 Å². The van der Waals surface area contributed by atoms with Crippen LogP contribution in [-0.4, -0.2) is 44.3 Å². The Balaban J connectivity index is 1.60. The molecule has 1 N–H and O–H groups in total. The molecule has 3 aromatic rings. The Kier molecular flexibility index (Phi) is 6.90. The number of nitrogens with zero attached hydrogens (tertiary/aromatic N) is 4. The van der Waals surface area contributed by atoms with Gasteiger partial charge >= 0.3 is 0 Å². The van der Waals surface area contributed by atoms with Crippen LogP contribution in [0, 0.1) is 0 Å². The Bertz CT molecular complexity index is 1020. The van der Waals surface area contributed by atoms with Crippen LogP contribution < -0.4 is 5.32 Å². The van der Waals surface area contributed by atoms with Gasteiger partial charge in [0.1, 0.15) is 6.33 Å². The molecule has 0 saturated heterocycles. The van der Waals surface area contributed by atoms with E-state index in [-0.39, 0.29) is 17.6 Å². The molecule has 150 valence electrons. The number of carbonyl (C=O) groups is 2. The molecule has 2 aromatic carbocycles. The van der Waals surface area contributed by atoms with Gasteiger partial charge in [-0.1, -0.05) is 47.6 Å². The summed E-state index contributed by atoms with van der Waals surface area (Å²) in [6, 6.07) is 14.3. The average Bonchev–Trinajstić information content (AvgIpc) is 3.12. The molecule has 0 saturated carbocycles. The minimum Gasteiger partial charge on any atom is -0.337 e. The van der Waals surface area contributed by atoms with Crippen LogP contribution in [0.1, 0.15) is 15.9 Å². The Labute approximate surface area is 178 Å². The van der Waals surface area contributed by atoms with Crippen molar-refractivity contribution in [3.05, 3.63) is 71.0 Å². The number of aryl methyl sites for hydroxylation is 1. The molecule has 0 radical (unpaired) electrons. The first-order valence-corrected chi connectivity index (χ1v) is 10.2. The number of nitrogens with one attached hydrogen (secondary N) is 1. The minimum atomic E-state index is -0.188. The van der Waals surface area contributed by atoms with Crippen LogP contribution in [0.2, 0.25) is 5.02 Å². The van der Waals surface area contributed by atoms with E-state index in [0.29, 0.717) is 28.0 Å². The number of hydrogen-bond acceptors (Lipinski definition) is 5. The molecule has 0 spiro atoms. The highest BCUT2D eigenvalue weighted by Crippen LogP contribution is 2.19. The van der Waals surface area contributed by atoms with Gasteiger partial charge in [-0.15, -0.1) is 10.2 Å². The number of benzene rings is 2. The van der Waals surface area contributed by atoms with Crippen molar-refractivity contribution in [1.29, 1.82) is 0 Å². The smallest absolute Gasteiger partial charge is 0.253 e. The Morgan fingerprint density at radius 3 is 2.72 bits per heavy atom. The van der Waals surface area contributed by atoms with E-state index in [9.17, 15) is 9.59 Å². The zero-order valence-corrected chi connectivity index (χ0v) is 17.6. The number of hydrogen-bond donors (Lipinski definition) is 1. The largest absolute Gasteiger partial charge is 0.337 e. The summed E-state index contributed by atoms with van der Waals surface area (Å²) in [6.45, 7) is 0.392. The molecular weight excluding hydrogens is 410 g/mol. The number of thioether (sulfide) groups is 1. The molecule has 1 heterocycles. The van der Waals surface area contributed by atoms with Crippen molar-refractivity contribution < 1.29 is 9.59 Å². The summed E-state index contributed by atoms with van der Waals surface area (Å²) < 4.78 is 1.74. The maximum atomic E-state index is 12.8. The molecule has 7 nitrogen and oxygen atoms in total. The van der Waals surface area contributed by atoms with Crippen molar-refractivity contribution in [3.63, 3.8) is 0 Å². The van der Waals surface area contributed by atoms with E-state index in [1.54, 1.807) is 53.2 Å². The highest BCUT2D eigenvalue weighted by molar-refractivity contribution is 7.99. The molecule has 0 bridgehead atoms. The van der Waals surface area contributed by atoms with Crippen molar-refractivity contribution in [2.45, 2.75) is 11.7 Å². The SMILES string of the molecule is CN(Cc1ccccc1Cl)C(=O)c1cccc(NC(=O)CSc2nncn2C)c1. The van der Waals surface area contributed by atoms with Crippen LogP contribution in [0.3, 0.4) is 0 Å². The standard InChI is InChI=1S/C20H20ClN5O2S/c1-25(11-15-6-3-4-9-17(15)21)19(28)14-7-5-8-16(10-14)23-18(27)12-29-20-24-22-13-26(20)2/h3-10,13H,11-12H2,1-2H3,(H,23,27). The van der Waals surface area contributed by atoms with Gasteiger partial charge in [0.05, 0.1) is 5.75 Å². The lowest BCUT2D eigenvalue weighted by molar-refractivity contribution is -0.113. The zero-order chi connectivity index (χ0) is 20.8. The molecule has 9 heteroatoms. The first kappa shape index (κ1) is 20.9. The lowest BCUT2D eigenvalue weighted by atomic mass is 10.1. The maximum absolute atomic E-state index is 12.8. The highest BCUT2D eigenvalue weighted by Gasteiger charge is 2.14. The zero-order valence-electron chi connectivity index (χ0n) is 16.0. The summed E-state index contributed by atoms with van der Waals surface area (Å²) in [5, 5.41) is 11.8. The second-order valence-electron chi connectivity index (χ2n) is 6.39. The molecule has 1 aromatic heterocycles. The van der Waals surface area contributed by atoms with E-state index in [2.05, 4.69) is 15.5 Å². The van der Waals surface area contributed by atoms with Crippen LogP contribution in [0.5, 0.6) is 0 Å². The topological polar surface area (TPSA) is 80.1 Å². The third kappa shape index (κ3) is 5.58. The fourth-order valence-corrected chi connectivity index (χ4v) is 3.52. The molecule has 3 rings (SSSR count). The maximum Gasteiger partial charge on any atom is 0.253 e. The predicted molar refractivity (Wildman–Crippen MR) is 114 cm³/mol. The van der Waals surface area contributed by atoms with Crippen LogP contribution in [0.25, 0.3) is 0 Å².